The summed E-state index contributed by atoms with van der Waals surface area (Å²) in [4.78, 5) is 13.9. The fourth-order valence-corrected chi connectivity index (χ4v) is 4.70. The van der Waals surface area contributed by atoms with Crippen molar-refractivity contribution in [3.63, 3.8) is 0 Å². The SMILES string of the molecule is COc1cc2c(c(-c3ccccc3)c1)C(=O)C(C)(c1cccc3ccccc13)C2. The third kappa shape index (κ3) is 2.67. The second-order valence-corrected chi connectivity index (χ2v) is 7.94. The minimum atomic E-state index is -0.598. The Balaban J connectivity index is 1.74. The van der Waals surface area contributed by atoms with Crippen molar-refractivity contribution in [3.05, 3.63) is 102 Å². The van der Waals surface area contributed by atoms with Crippen LogP contribution in [0.3, 0.4) is 0 Å². The molecule has 4 aromatic carbocycles. The number of carbonyl (C=O) groups excluding carboxylic acids is 1. The summed E-state index contributed by atoms with van der Waals surface area (Å²) in [6, 6.07) is 28.7. The highest BCUT2D eigenvalue weighted by atomic mass is 16.5. The summed E-state index contributed by atoms with van der Waals surface area (Å²) in [6.45, 7) is 2.08. The lowest BCUT2D eigenvalue weighted by molar-refractivity contribution is 0.0917. The average Bonchev–Trinajstić information content (AvgIpc) is 3.04. The Labute approximate surface area is 170 Å². The molecule has 1 atom stereocenters. The van der Waals surface area contributed by atoms with E-state index in [2.05, 4.69) is 49.4 Å². The van der Waals surface area contributed by atoms with Crippen LogP contribution >= 0.6 is 0 Å². The zero-order valence-electron chi connectivity index (χ0n) is 16.6. The molecule has 0 aromatic heterocycles. The number of benzene rings is 4. The van der Waals surface area contributed by atoms with Crippen LogP contribution in [0.2, 0.25) is 0 Å². The van der Waals surface area contributed by atoms with E-state index in [9.17, 15) is 4.79 Å². The molecule has 0 N–H and O–H groups in total. The van der Waals surface area contributed by atoms with Crippen molar-refractivity contribution in [2.75, 3.05) is 7.11 Å². The van der Waals surface area contributed by atoms with Crippen LogP contribution in [0.4, 0.5) is 0 Å². The second kappa shape index (κ2) is 6.59. The molecule has 0 saturated carbocycles. The van der Waals surface area contributed by atoms with E-state index >= 15 is 0 Å². The Morgan fingerprint density at radius 3 is 2.38 bits per heavy atom. The predicted octanol–water partition coefficient (Wildman–Crippen LogP) is 6.21. The molecule has 142 valence electrons. The summed E-state index contributed by atoms with van der Waals surface area (Å²) < 4.78 is 5.57. The molecule has 1 aliphatic rings. The third-order valence-electron chi connectivity index (χ3n) is 6.17. The Morgan fingerprint density at radius 1 is 0.862 bits per heavy atom. The lowest BCUT2D eigenvalue weighted by Crippen LogP contribution is -2.29. The smallest absolute Gasteiger partial charge is 0.174 e. The quantitative estimate of drug-likeness (QED) is 0.423. The highest BCUT2D eigenvalue weighted by Gasteiger charge is 2.45. The molecule has 0 spiro atoms. The van der Waals surface area contributed by atoms with Gasteiger partial charge in [-0.25, -0.2) is 0 Å². The lowest BCUT2D eigenvalue weighted by atomic mass is 9.76. The monoisotopic (exact) mass is 378 g/mol. The summed E-state index contributed by atoms with van der Waals surface area (Å²) in [7, 11) is 1.68. The topological polar surface area (TPSA) is 26.3 Å². The normalized spacial score (nSPS) is 18.1. The number of ether oxygens (including phenoxy) is 1. The summed E-state index contributed by atoms with van der Waals surface area (Å²) >= 11 is 0. The van der Waals surface area contributed by atoms with Crippen molar-refractivity contribution >= 4 is 16.6 Å². The van der Waals surface area contributed by atoms with Gasteiger partial charge in [0.05, 0.1) is 12.5 Å². The summed E-state index contributed by atoms with van der Waals surface area (Å²) in [5.74, 6) is 0.975. The number of carbonyl (C=O) groups is 1. The summed E-state index contributed by atoms with van der Waals surface area (Å²) in [6.07, 6.45) is 0.673. The number of Topliss-reactive ketones (excluding diaryl/α,β-unsaturated/α-hetero) is 1. The summed E-state index contributed by atoms with van der Waals surface area (Å²) in [5.41, 5.74) is 4.37. The van der Waals surface area contributed by atoms with Gasteiger partial charge >= 0.3 is 0 Å². The third-order valence-corrected chi connectivity index (χ3v) is 6.17. The molecule has 0 saturated heterocycles. The fourth-order valence-electron chi connectivity index (χ4n) is 4.70. The molecule has 0 bridgehead atoms. The highest BCUT2D eigenvalue weighted by Crippen LogP contribution is 2.46. The van der Waals surface area contributed by atoms with Gasteiger partial charge in [0.2, 0.25) is 0 Å². The van der Waals surface area contributed by atoms with Crippen LogP contribution in [0.15, 0.2) is 84.9 Å². The number of methoxy groups -OCH3 is 1. The first-order chi connectivity index (χ1) is 14.1. The van der Waals surface area contributed by atoms with Gasteiger partial charge in [-0.05, 0) is 58.5 Å². The van der Waals surface area contributed by atoms with Gasteiger partial charge in [0.15, 0.2) is 5.78 Å². The van der Waals surface area contributed by atoms with Gasteiger partial charge in [-0.15, -0.1) is 0 Å². The van der Waals surface area contributed by atoms with Crippen molar-refractivity contribution in [2.45, 2.75) is 18.8 Å². The molecule has 0 radical (unpaired) electrons. The molecule has 1 aliphatic carbocycles. The van der Waals surface area contributed by atoms with Crippen molar-refractivity contribution in [2.24, 2.45) is 0 Å². The molecule has 2 nitrogen and oxygen atoms in total. The van der Waals surface area contributed by atoms with Gasteiger partial charge in [0, 0.05) is 5.56 Å². The van der Waals surface area contributed by atoms with Crippen molar-refractivity contribution < 1.29 is 9.53 Å². The van der Waals surface area contributed by atoms with E-state index in [4.69, 9.17) is 4.74 Å². The molecule has 0 amide bonds. The van der Waals surface area contributed by atoms with Gasteiger partial charge in [0.25, 0.3) is 0 Å². The minimum Gasteiger partial charge on any atom is -0.497 e. The maximum Gasteiger partial charge on any atom is 0.174 e. The number of ketones is 1. The first-order valence-corrected chi connectivity index (χ1v) is 9.91. The zero-order valence-corrected chi connectivity index (χ0v) is 16.6. The van der Waals surface area contributed by atoms with E-state index in [1.807, 2.05) is 42.5 Å². The predicted molar refractivity (Wildman–Crippen MR) is 118 cm³/mol. The Hall–Kier alpha value is -3.39. The molecular formula is C27H22O2. The Bertz CT molecular complexity index is 1230. The van der Waals surface area contributed by atoms with E-state index in [-0.39, 0.29) is 5.78 Å². The van der Waals surface area contributed by atoms with E-state index in [1.165, 1.54) is 0 Å². The second-order valence-electron chi connectivity index (χ2n) is 7.94. The molecule has 29 heavy (non-hydrogen) atoms. The first kappa shape index (κ1) is 17.7. The highest BCUT2D eigenvalue weighted by molar-refractivity contribution is 6.14. The molecule has 5 rings (SSSR count). The standard InChI is InChI=1S/C27H22O2/c1-27(24-14-8-12-18-11-6-7-13-22(18)24)17-20-15-21(29-2)16-23(25(20)26(27)28)19-9-4-3-5-10-19/h3-16H,17H2,1-2H3. The van der Waals surface area contributed by atoms with Crippen molar-refractivity contribution in [1.82, 2.24) is 0 Å². The van der Waals surface area contributed by atoms with Crippen LogP contribution in [0.25, 0.3) is 21.9 Å². The van der Waals surface area contributed by atoms with Crippen LogP contribution in [0.5, 0.6) is 5.75 Å². The maximum absolute atomic E-state index is 13.9. The molecule has 0 fully saturated rings. The largest absolute Gasteiger partial charge is 0.497 e. The number of rotatable bonds is 3. The van der Waals surface area contributed by atoms with Gasteiger partial charge in [-0.1, -0.05) is 72.8 Å². The zero-order chi connectivity index (χ0) is 20.0. The molecule has 1 unspecified atom stereocenters. The van der Waals surface area contributed by atoms with E-state index in [0.717, 1.165) is 44.3 Å². The van der Waals surface area contributed by atoms with Crippen LogP contribution in [-0.4, -0.2) is 12.9 Å². The van der Waals surface area contributed by atoms with Crippen LogP contribution in [0.1, 0.15) is 28.4 Å². The van der Waals surface area contributed by atoms with Crippen LogP contribution < -0.4 is 4.74 Å². The van der Waals surface area contributed by atoms with Gasteiger partial charge in [0.1, 0.15) is 5.75 Å². The van der Waals surface area contributed by atoms with Crippen molar-refractivity contribution in [1.29, 1.82) is 0 Å². The molecule has 0 heterocycles. The van der Waals surface area contributed by atoms with E-state index < -0.39 is 5.41 Å². The molecule has 0 aliphatic heterocycles. The van der Waals surface area contributed by atoms with Crippen LogP contribution in [-0.2, 0) is 11.8 Å². The van der Waals surface area contributed by atoms with Gasteiger partial charge in [-0.2, -0.15) is 0 Å². The summed E-state index contributed by atoms with van der Waals surface area (Å²) in [5, 5.41) is 2.31. The fraction of sp³-hybridized carbons (Fsp3) is 0.148. The Kier molecular flexibility index (Phi) is 4.02. The van der Waals surface area contributed by atoms with Crippen LogP contribution in [0, 0.1) is 0 Å². The average molecular weight is 378 g/mol. The van der Waals surface area contributed by atoms with Gasteiger partial charge < -0.3 is 4.74 Å². The minimum absolute atomic E-state index is 0.186. The number of hydrogen-bond acceptors (Lipinski definition) is 2. The van der Waals surface area contributed by atoms with Gasteiger partial charge in [-0.3, -0.25) is 4.79 Å². The van der Waals surface area contributed by atoms with E-state index in [0.29, 0.717) is 6.42 Å². The molecule has 2 heteroatoms. The number of hydrogen-bond donors (Lipinski definition) is 0. The Morgan fingerprint density at radius 2 is 1.59 bits per heavy atom. The first-order valence-electron chi connectivity index (χ1n) is 9.91. The van der Waals surface area contributed by atoms with Crippen molar-refractivity contribution in [3.8, 4) is 16.9 Å². The molecule has 4 aromatic rings. The lowest BCUT2D eigenvalue weighted by Gasteiger charge is -2.24. The number of fused-ring (bicyclic) bond motifs is 2. The van der Waals surface area contributed by atoms with E-state index in [1.54, 1.807) is 7.11 Å². The molecular weight excluding hydrogens is 356 g/mol. The maximum atomic E-state index is 13.9.